The molecule has 0 aromatic rings. The molecule has 5 heteroatoms. The minimum absolute atomic E-state index is 0.00415. The average molecular weight is 338 g/mol. The van der Waals surface area contributed by atoms with Gasteiger partial charge in [-0.05, 0) is 57.9 Å². The van der Waals surface area contributed by atoms with Gasteiger partial charge in [0.2, 0.25) is 0 Å². The Labute approximate surface area is 146 Å². The van der Waals surface area contributed by atoms with E-state index < -0.39 is 0 Å². The van der Waals surface area contributed by atoms with Crippen LogP contribution in [0.2, 0.25) is 0 Å². The van der Waals surface area contributed by atoms with Gasteiger partial charge in [-0.2, -0.15) is 0 Å². The zero-order valence-electron chi connectivity index (χ0n) is 15.3. The molecular weight excluding hydrogens is 302 g/mol. The van der Waals surface area contributed by atoms with E-state index in [2.05, 4.69) is 22.5 Å². The number of hydrogen-bond donors (Lipinski definition) is 2. The van der Waals surface area contributed by atoms with Gasteiger partial charge in [-0.15, -0.1) is 0 Å². The Morgan fingerprint density at radius 2 is 1.83 bits per heavy atom. The van der Waals surface area contributed by atoms with Gasteiger partial charge in [0.15, 0.2) is 0 Å². The fourth-order valence-electron chi connectivity index (χ4n) is 4.77. The molecule has 3 fully saturated rings. The highest BCUT2D eigenvalue weighted by Gasteiger charge is 2.31. The second-order valence-corrected chi connectivity index (χ2v) is 7.92. The summed E-state index contributed by atoms with van der Waals surface area (Å²) in [6.07, 6.45) is 11.5. The van der Waals surface area contributed by atoms with Crippen molar-refractivity contribution < 1.29 is 9.53 Å². The van der Waals surface area contributed by atoms with E-state index in [1.165, 1.54) is 51.5 Å². The van der Waals surface area contributed by atoms with Crippen molar-refractivity contribution in [1.29, 1.82) is 0 Å². The summed E-state index contributed by atoms with van der Waals surface area (Å²) < 4.78 is 5.41. The minimum Gasteiger partial charge on any atom is -0.381 e. The highest BCUT2D eigenvalue weighted by atomic mass is 16.5. The summed E-state index contributed by atoms with van der Waals surface area (Å²) in [6, 6.07) is 1.53. The first kappa shape index (κ1) is 18.0. The molecule has 24 heavy (non-hydrogen) atoms. The lowest BCUT2D eigenvalue weighted by Crippen LogP contribution is -2.50. The van der Waals surface area contributed by atoms with Crippen molar-refractivity contribution >= 4 is 6.03 Å². The Balaban J connectivity index is 1.39. The molecule has 5 nitrogen and oxygen atoms in total. The molecule has 0 bridgehead atoms. The van der Waals surface area contributed by atoms with E-state index in [0.29, 0.717) is 12.0 Å². The van der Waals surface area contributed by atoms with E-state index in [4.69, 9.17) is 4.74 Å². The van der Waals surface area contributed by atoms with Gasteiger partial charge in [0, 0.05) is 37.9 Å². The third kappa shape index (κ3) is 4.85. The van der Waals surface area contributed by atoms with E-state index in [0.717, 1.165) is 38.6 Å². The molecule has 2 aliphatic heterocycles. The monoisotopic (exact) mass is 337 g/mol. The van der Waals surface area contributed by atoms with Crippen molar-refractivity contribution in [2.75, 3.05) is 26.3 Å². The number of amides is 2. The lowest BCUT2D eigenvalue weighted by atomic mass is 9.93. The Morgan fingerprint density at radius 1 is 1.08 bits per heavy atom. The van der Waals surface area contributed by atoms with E-state index in [1.54, 1.807) is 0 Å². The normalized spacial score (nSPS) is 28.6. The number of hydrogen-bond acceptors (Lipinski definition) is 3. The number of ether oxygens (including phenoxy) is 1. The molecular formula is C19H35N3O2. The Hall–Kier alpha value is -0.810. The first-order chi connectivity index (χ1) is 11.7. The van der Waals surface area contributed by atoms with Crippen LogP contribution in [0.4, 0.5) is 4.79 Å². The van der Waals surface area contributed by atoms with Crippen LogP contribution in [0.15, 0.2) is 0 Å². The molecule has 1 saturated carbocycles. The molecule has 0 aromatic heterocycles. The minimum atomic E-state index is 0.00415. The first-order valence-electron chi connectivity index (χ1n) is 10.1. The molecule has 3 rings (SSSR count). The standard InChI is InChI=1S/C19H35N3O2/c1-15(16-9-12-24-13-10-16)21-19(23)20-14-18-8-5-11-22(18)17-6-3-2-4-7-17/h15-18H,2-14H2,1H3,(H2,20,21,23)/t15-,18+/m1/s1. The van der Waals surface area contributed by atoms with Gasteiger partial charge in [0.1, 0.15) is 0 Å². The van der Waals surface area contributed by atoms with Crippen molar-refractivity contribution in [2.45, 2.75) is 82.8 Å². The summed E-state index contributed by atoms with van der Waals surface area (Å²) in [5.41, 5.74) is 0. The Bertz CT molecular complexity index is 392. The summed E-state index contributed by atoms with van der Waals surface area (Å²) >= 11 is 0. The van der Waals surface area contributed by atoms with Crippen molar-refractivity contribution in [3.8, 4) is 0 Å². The van der Waals surface area contributed by atoms with Crippen LogP contribution in [0.25, 0.3) is 0 Å². The van der Waals surface area contributed by atoms with Crippen LogP contribution in [0.5, 0.6) is 0 Å². The Morgan fingerprint density at radius 3 is 2.58 bits per heavy atom. The van der Waals surface area contributed by atoms with Crippen molar-refractivity contribution in [1.82, 2.24) is 15.5 Å². The van der Waals surface area contributed by atoms with Gasteiger partial charge in [-0.1, -0.05) is 19.3 Å². The van der Waals surface area contributed by atoms with Gasteiger partial charge in [0.25, 0.3) is 0 Å². The Kier molecular flexibility index (Phi) is 6.78. The summed E-state index contributed by atoms with van der Waals surface area (Å²) in [5.74, 6) is 0.551. The van der Waals surface area contributed by atoms with Crippen LogP contribution in [-0.4, -0.2) is 55.4 Å². The number of carbonyl (C=O) groups is 1. The maximum atomic E-state index is 12.3. The molecule has 0 spiro atoms. The van der Waals surface area contributed by atoms with Crippen LogP contribution in [-0.2, 0) is 4.74 Å². The number of carbonyl (C=O) groups excluding carboxylic acids is 1. The lowest BCUT2D eigenvalue weighted by molar-refractivity contribution is 0.0570. The molecule has 2 N–H and O–H groups in total. The largest absolute Gasteiger partial charge is 0.381 e. The number of urea groups is 1. The molecule has 1 aliphatic carbocycles. The zero-order valence-corrected chi connectivity index (χ0v) is 15.3. The molecule has 2 atom stereocenters. The molecule has 0 radical (unpaired) electrons. The van der Waals surface area contributed by atoms with Crippen LogP contribution in [0.3, 0.4) is 0 Å². The number of nitrogens with one attached hydrogen (secondary N) is 2. The predicted octanol–water partition coefficient (Wildman–Crippen LogP) is 2.90. The maximum absolute atomic E-state index is 12.3. The number of nitrogens with zero attached hydrogens (tertiary/aromatic N) is 1. The van der Waals surface area contributed by atoms with Gasteiger partial charge < -0.3 is 15.4 Å². The highest BCUT2D eigenvalue weighted by Crippen LogP contribution is 2.28. The summed E-state index contributed by atoms with van der Waals surface area (Å²) in [5, 5.41) is 6.28. The van der Waals surface area contributed by atoms with Crippen LogP contribution < -0.4 is 10.6 Å². The zero-order chi connectivity index (χ0) is 16.8. The van der Waals surface area contributed by atoms with Crippen molar-refractivity contribution in [2.24, 2.45) is 5.92 Å². The second-order valence-electron chi connectivity index (χ2n) is 7.92. The van der Waals surface area contributed by atoms with E-state index in [1.807, 2.05) is 0 Å². The SMILES string of the molecule is C[C@@H](NC(=O)NC[C@@H]1CCCN1C1CCCCC1)C1CCOCC1. The quantitative estimate of drug-likeness (QED) is 0.811. The highest BCUT2D eigenvalue weighted by molar-refractivity contribution is 5.74. The van der Waals surface area contributed by atoms with Gasteiger partial charge in [-0.25, -0.2) is 4.79 Å². The van der Waals surface area contributed by atoms with Gasteiger partial charge in [0.05, 0.1) is 0 Å². The summed E-state index contributed by atoms with van der Waals surface area (Å²) in [7, 11) is 0. The predicted molar refractivity (Wildman–Crippen MR) is 96.1 cm³/mol. The third-order valence-corrected chi connectivity index (χ3v) is 6.30. The van der Waals surface area contributed by atoms with E-state index in [9.17, 15) is 4.79 Å². The van der Waals surface area contributed by atoms with Gasteiger partial charge in [-0.3, -0.25) is 4.90 Å². The average Bonchev–Trinajstić information content (AvgIpc) is 3.10. The van der Waals surface area contributed by atoms with E-state index >= 15 is 0 Å². The molecule has 2 amide bonds. The van der Waals surface area contributed by atoms with Crippen LogP contribution in [0, 0.1) is 5.92 Å². The van der Waals surface area contributed by atoms with Crippen LogP contribution >= 0.6 is 0 Å². The molecule has 2 saturated heterocycles. The topological polar surface area (TPSA) is 53.6 Å². The van der Waals surface area contributed by atoms with Gasteiger partial charge >= 0.3 is 6.03 Å². The molecule has 2 heterocycles. The molecule has 138 valence electrons. The maximum Gasteiger partial charge on any atom is 0.315 e. The number of rotatable bonds is 5. The second kappa shape index (κ2) is 9.04. The fraction of sp³-hybridized carbons (Fsp3) is 0.947. The van der Waals surface area contributed by atoms with E-state index in [-0.39, 0.29) is 12.1 Å². The van der Waals surface area contributed by atoms with Crippen LogP contribution in [0.1, 0.15) is 64.7 Å². The summed E-state index contributed by atoms with van der Waals surface area (Å²) in [6.45, 7) is 5.80. The molecule has 0 aromatic carbocycles. The molecule has 3 aliphatic rings. The number of likely N-dealkylation sites (tertiary alicyclic amines) is 1. The summed E-state index contributed by atoms with van der Waals surface area (Å²) in [4.78, 5) is 14.9. The molecule has 0 unspecified atom stereocenters. The van der Waals surface area contributed by atoms with Crippen molar-refractivity contribution in [3.63, 3.8) is 0 Å². The smallest absolute Gasteiger partial charge is 0.315 e. The third-order valence-electron chi connectivity index (χ3n) is 6.30. The fourth-order valence-corrected chi connectivity index (χ4v) is 4.77. The lowest BCUT2D eigenvalue weighted by Gasteiger charge is -2.35. The first-order valence-corrected chi connectivity index (χ1v) is 10.1. The van der Waals surface area contributed by atoms with Crippen molar-refractivity contribution in [3.05, 3.63) is 0 Å².